The predicted octanol–water partition coefficient (Wildman–Crippen LogP) is 3.77. The molecule has 27 heavy (non-hydrogen) atoms. The molecular weight excluding hydrogens is 377 g/mol. The van der Waals surface area contributed by atoms with Crippen molar-refractivity contribution >= 4 is 10.0 Å². The van der Waals surface area contributed by atoms with E-state index >= 15 is 0 Å². The van der Waals surface area contributed by atoms with E-state index in [1.807, 2.05) is 37.3 Å². The molecule has 1 atom stereocenters. The van der Waals surface area contributed by atoms with Gasteiger partial charge < -0.3 is 0 Å². The van der Waals surface area contributed by atoms with E-state index in [4.69, 9.17) is 0 Å². The molecule has 1 fully saturated rings. The number of halogens is 3. The third kappa shape index (κ3) is 4.17. The molecule has 146 valence electrons. The average Bonchev–Trinajstić information content (AvgIpc) is 2.67. The highest BCUT2D eigenvalue weighted by molar-refractivity contribution is 7.89. The van der Waals surface area contributed by atoms with Crippen molar-refractivity contribution in [2.24, 2.45) is 0 Å². The van der Waals surface area contributed by atoms with Crippen LogP contribution in [-0.2, 0) is 16.2 Å². The molecule has 0 aromatic heterocycles. The molecule has 1 saturated heterocycles. The van der Waals surface area contributed by atoms with Gasteiger partial charge in [-0.3, -0.25) is 4.90 Å². The van der Waals surface area contributed by atoms with E-state index in [0.717, 1.165) is 22.0 Å². The van der Waals surface area contributed by atoms with Gasteiger partial charge in [-0.05, 0) is 24.6 Å². The summed E-state index contributed by atoms with van der Waals surface area (Å²) in [5.41, 5.74) is 0.00121. The Labute approximate surface area is 157 Å². The van der Waals surface area contributed by atoms with Crippen molar-refractivity contribution in [1.82, 2.24) is 9.21 Å². The standard InChI is InChI=1S/C19H21F3N2O2S/c1-15(16-7-3-2-4-8-16)23-11-13-24(14-12-23)27(25,26)18-10-6-5-9-17(18)19(20,21)22/h2-10,15H,11-14H2,1H3/t15-/m1/s1. The third-order valence-corrected chi connectivity index (χ3v) is 6.87. The maximum absolute atomic E-state index is 13.2. The average molecular weight is 398 g/mol. The first kappa shape index (κ1) is 19.9. The second-order valence-corrected chi connectivity index (χ2v) is 8.43. The zero-order valence-corrected chi connectivity index (χ0v) is 15.7. The molecule has 0 bridgehead atoms. The minimum atomic E-state index is -4.71. The van der Waals surface area contributed by atoms with Gasteiger partial charge in [0.15, 0.2) is 0 Å². The highest BCUT2D eigenvalue weighted by Gasteiger charge is 2.39. The minimum absolute atomic E-state index is 0.110. The summed E-state index contributed by atoms with van der Waals surface area (Å²) in [7, 11) is -4.20. The normalized spacial score (nSPS) is 18.4. The van der Waals surface area contributed by atoms with Crippen LogP contribution in [0.1, 0.15) is 24.1 Å². The number of alkyl halides is 3. The molecule has 0 radical (unpaired) electrons. The molecule has 1 heterocycles. The van der Waals surface area contributed by atoms with Crippen molar-refractivity contribution in [2.45, 2.75) is 24.0 Å². The molecule has 0 aliphatic carbocycles. The van der Waals surface area contributed by atoms with Crippen molar-refractivity contribution in [3.8, 4) is 0 Å². The van der Waals surface area contributed by atoms with Crippen molar-refractivity contribution in [1.29, 1.82) is 0 Å². The van der Waals surface area contributed by atoms with Crippen LogP contribution in [0.15, 0.2) is 59.5 Å². The Kier molecular flexibility index (Phi) is 5.60. The molecule has 8 heteroatoms. The van der Waals surface area contributed by atoms with E-state index in [9.17, 15) is 21.6 Å². The molecule has 0 spiro atoms. The van der Waals surface area contributed by atoms with Crippen molar-refractivity contribution in [2.75, 3.05) is 26.2 Å². The Balaban J connectivity index is 1.76. The van der Waals surface area contributed by atoms with Gasteiger partial charge in [-0.1, -0.05) is 42.5 Å². The Morgan fingerprint density at radius 2 is 1.44 bits per heavy atom. The number of piperazine rings is 1. The van der Waals surface area contributed by atoms with E-state index < -0.39 is 26.7 Å². The Bertz CT molecular complexity index is 877. The first-order valence-corrected chi connectivity index (χ1v) is 10.1. The van der Waals surface area contributed by atoms with Gasteiger partial charge in [0.25, 0.3) is 0 Å². The molecule has 0 N–H and O–H groups in total. The quantitative estimate of drug-likeness (QED) is 0.787. The summed E-state index contributed by atoms with van der Waals surface area (Å²) in [6, 6.07) is 14.3. The largest absolute Gasteiger partial charge is 0.417 e. The minimum Gasteiger partial charge on any atom is -0.294 e. The molecule has 1 aliphatic heterocycles. The number of hydrogen-bond acceptors (Lipinski definition) is 3. The SMILES string of the molecule is C[C@H](c1ccccc1)N1CCN(S(=O)(=O)c2ccccc2C(F)(F)F)CC1. The Morgan fingerprint density at radius 1 is 0.889 bits per heavy atom. The van der Waals surface area contributed by atoms with E-state index in [-0.39, 0.29) is 19.1 Å². The van der Waals surface area contributed by atoms with E-state index in [2.05, 4.69) is 4.90 Å². The van der Waals surface area contributed by atoms with Crippen LogP contribution >= 0.6 is 0 Å². The Hall–Kier alpha value is -1.90. The van der Waals surface area contributed by atoms with E-state index in [1.165, 1.54) is 12.1 Å². The van der Waals surface area contributed by atoms with Crippen LogP contribution in [-0.4, -0.2) is 43.8 Å². The van der Waals surface area contributed by atoms with E-state index in [1.54, 1.807) is 0 Å². The summed E-state index contributed by atoms with van der Waals surface area (Å²) in [6.07, 6.45) is -4.71. The van der Waals surface area contributed by atoms with Crippen molar-refractivity contribution in [3.05, 3.63) is 65.7 Å². The maximum atomic E-state index is 13.2. The zero-order chi connectivity index (χ0) is 19.7. The van der Waals surface area contributed by atoms with Crippen LogP contribution in [0.4, 0.5) is 13.2 Å². The van der Waals surface area contributed by atoms with Crippen LogP contribution < -0.4 is 0 Å². The van der Waals surface area contributed by atoms with E-state index in [0.29, 0.717) is 13.1 Å². The lowest BCUT2D eigenvalue weighted by Crippen LogP contribution is -2.49. The monoisotopic (exact) mass is 398 g/mol. The fourth-order valence-corrected chi connectivity index (χ4v) is 4.97. The highest BCUT2D eigenvalue weighted by atomic mass is 32.2. The van der Waals surface area contributed by atoms with Gasteiger partial charge in [-0.25, -0.2) is 8.42 Å². The van der Waals surface area contributed by atoms with Gasteiger partial charge in [0.05, 0.1) is 10.5 Å². The summed E-state index contributed by atoms with van der Waals surface area (Å²) in [6.45, 7) is 3.28. The van der Waals surface area contributed by atoms with Crippen LogP contribution in [0.25, 0.3) is 0 Å². The Morgan fingerprint density at radius 3 is 2.04 bits per heavy atom. The molecule has 4 nitrogen and oxygen atoms in total. The number of nitrogens with zero attached hydrogens (tertiary/aromatic N) is 2. The maximum Gasteiger partial charge on any atom is 0.417 e. The molecular formula is C19H21F3N2O2S. The molecule has 0 amide bonds. The summed E-state index contributed by atoms with van der Waals surface area (Å²) >= 11 is 0. The first-order chi connectivity index (χ1) is 12.7. The molecule has 3 rings (SSSR count). The van der Waals surface area contributed by atoms with Gasteiger partial charge in [-0.15, -0.1) is 0 Å². The summed E-state index contributed by atoms with van der Waals surface area (Å²) in [4.78, 5) is 1.46. The van der Waals surface area contributed by atoms with Gasteiger partial charge in [-0.2, -0.15) is 17.5 Å². The lowest BCUT2D eigenvalue weighted by molar-refractivity contribution is -0.139. The molecule has 2 aromatic carbocycles. The first-order valence-electron chi connectivity index (χ1n) is 8.66. The van der Waals surface area contributed by atoms with Gasteiger partial charge >= 0.3 is 6.18 Å². The fourth-order valence-electron chi connectivity index (χ4n) is 3.34. The second-order valence-electron chi connectivity index (χ2n) is 6.52. The number of hydrogen-bond donors (Lipinski definition) is 0. The summed E-state index contributed by atoms with van der Waals surface area (Å²) < 4.78 is 66.4. The second kappa shape index (κ2) is 7.61. The smallest absolute Gasteiger partial charge is 0.294 e. The number of rotatable bonds is 4. The van der Waals surface area contributed by atoms with Crippen LogP contribution in [0, 0.1) is 0 Å². The highest BCUT2D eigenvalue weighted by Crippen LogP contribution is 2.35. The zero-order valence-electron chi connectivity index (χ0n) is 14.9. The fraction of sp³-hybridized carbons (Fsp3) is 0.368. The van der Waals surface area contributed by atoms with Crippen LogP contribution in [0.2, 0.25) is 0 Å². The van der Waals surface area contributed by atoms with Gasteiger partial charge in [0, 0.05) is 32.2 Å². The molecule has 2 aromatic rings. The lowest BCUT2D eigenvalue weighted by Gasteiger charge is -2.37. The topological polar surface area (TPSA) is 40.6 Å². The predicted molar refractivity (Wildman–Crippen MR) is 96.6 cm³/mol. The number of benzene rings is 2. The molecule has 1 aliphatic rings. The molecule has 0 saturated carbocycles. The van der Waals surface area contributed by atoms with Gasteiger partial charge in [0.1, 0.15) is 0 Å². The molecule has 0 unspecified atom stereocenters. The van der Waals surface area contributed by atoms with Crippen LogP contribution in [0.5, 0.6) is 0 Å². The third-order valence-electron chi connectivity index (χ3n) is 4.91. The lowest BCUT2D eigenvalue weighted by atomic mass is 10.1. The summed E-state index contributed by atoms with van der Waals surface area (Å²) in [5, 5.41) is 0. The van der Waals surface area contributed by atoms with Crippen molar-refractivity contribution < 1.29 is 21.6 Å². The number of sulfonamides is 1. The van der Waals surface area contributed by atoms with Crippen LogP contribution in [0.3, 0.4) is 0 Å². The summed E-state index contributed by atoms with van der Waals surface area (Å²) in [5.74, 6) is 0. The van der Waals surface area contributed by atoms with Gasteiger partial charge in [0.2, 0.25) is 10.0 Å². The van der Waals surface area contributed by atoms with Crippen molar-refractivity contribution in [3.63, 3.8) is 0 Å².